The van der Waals surface area contributed by atoms with Crippen molar-refractivity contribution in [3.63, 3.8) is 0 Å². The summed E-state index contributed by atoms with van der Waals surface area (Å²) in [7, 11) is 0. The number of ether oxygens (including phenoxy) is 2. The number of hydrogen-bond acceptors (Lipinski definition) is 8. The summed E-state index contributed by atoms with van der Waals surface area (Å²) in [6.45, 7) is 5.61. The lowest BCUT2D eigenvalue weighted by molar-refractivity contribution is -0.129. The third kappa shape index (κ3) is 6.07. The first-order chi connectivity index (χ1) is 14.1. The van der Waals surface area contributed by atoms with Crippen LogP contribution in [0.1, 0.15) is 12.5 Å². The molecule has 2 aromatic rings. The Kier molecular flexibility index (Phi) is 8.00. The third-order valence-electron chi connectivity index (χ3n) is 3.44. The molecule has 11 heteroatoms. The van der Waals surface area contributed by atoms with Crippen LogP contribution in [-0.4, -0.2) is 22.9 Å². The maximum absolute atomic E-state index is 11.5. The van der Waals surface area contributed by atoms with E-state index >= 15 is 0 Å². The summed E-state index contributed by atoms with van der Waals surface area (Å²) in [6, 6.07) is 9.72. The fourth-order valence-corrected chi connectivity index (χ4v) is 4.13. The molecule has 0 spiro atoms. The molecule has 9 nitrogen and oxygen atoms in total. The van der Waals surface area contributed by atoms with Crippen molar-refractivity contribution >= 4 is 74.2 Å². The van der Waals surface area contributed by atoms with Gasteiger partial charge in [0.15, 0.2) is 5.75 Å². The first-order valence-corrected chi connectivity index (χ1v) is 10.2. The van der Waals surface area contributed by atoms with Gasteiger partial charge in [-0.3, -0.25) is 5.43 Å². The van der Waals surface area contributed by atoms with Crippen molar-refractivity contribution in [3.8, 4) is 23.3 Å². The Morgan fingerprint density at radius 3 is 2.43 bits per heavy atom. The van der Waals surface area contributed by atoms with Gasteiger partial charge >= 0.3 is 12.1 Å². The van der Waals surface area contributed by atoms with E-state index in [1.54, 1.807) is 31.2 Å². The minimum atomic E-state index is -1.34. The number of allylic oxidation sites excluding steroid dienone is 1. The van der Waals surface area contributed by atoms with E-state index in [0.717, 1.165) is 0 Å². The molecule has 2 rings (SSSR count). The van der Waals surface area contributed by atoms with Gasteiger partial charge in [-0.25, -0.2) is 9.59 Å². The van der Waals surface area contributed by atoms with E-state index in [1.807, 2.05) is 0 Å². The normalized spacial score (nSPS) is 10.7. The first kappa shape index (κ1) is 23.4. The predicted molar refractivity (Wildman–Crippen MR) is 127 cm³/mol. The standard InChI is InChI=1S/C19H14I2N4O5/c1-9(2)12-7-11(3-4-16(12)26)29-17-13(20)5-10(6-14(17)21)24-25-15(8-22)18(27)30-19(23)28/h3-7,24,26H,1H2,2H3,(H2,23,28). The number of esters is 1. The van der Waals surface area contributed by atoms with Crippen LogP contribution in [0.3, 0.4) is 0 Å². The van der Waals surface area contributed by atoms with E-state index in [2.05, 4.69) is 67.0 Å². The molecule has 4 N–H and O–H groups in total. The van der Waals surface area contributed by atoms with E-state index in [4.69, 9.17) is 15.7 Å². The fourth-order valence-electron chi connectivity index (χ4n) is 2.14. The number of hydrazone groups is 1. The molecule has 0 fully saturated rings. The Bertz CT molecular complexity index is 1090. The number of carbonyl (C=O) groups is 2. The van der Waals surface area contributed by atoms with Crippen molar-refractivity contribution in [2.75, 3.05) is 5.43 Å². The van der Waals surface area contributed by atoms with Crippen molar-refractivity contribution in [1.29, 1.82) is 5.26 Å². The molecule has 0 heterocycles. The minimum Gasteiger partial charge on any atom is -0.507 e. The molecule has 0 radical (unpaired) electrons. The SMILES string of the molecule is C=C(C)c1cc(Oc2c(I)cc(NN=C(C#N)C(=O)OC(N)=O)cc2I)ccc1O. The number of primary amides is 1. The lowest BCUT2D eigenvalue weighted by Crippen LogP contribution is -2.24. The molecule has 0 aromatic heterocycles. The molecule has 1 amide bonds. The van der Waals surface area contributed by atoms with Gasteiger partial charge in [-0.15, -0.1) is 0 Å². The van der Waals surface area contributed by atoms with E-state index in [9.17, 15) is 14.7 Å². The molecule has 0 saturated heterocycles. The number of anilines is 1. The highest BCUT2D eigenvalue weighted by Gasteiger charge is 2.16. The molecule has 0 bridgehead atoms. The van der Waals surface area contributed by atoms with Crippen LogP contribution in [0.4, 0.5) is 10.5 Å². The molecule has 0 aliphatic carbocycles. The van der Waals surface area contributed by atoms with Gasteiger partial charge in [-0.2, -0.15) is 10.4 Å². The number of rotatable bonds is 6. The second kappa shape index (κ2) is 10.3. The summed E-state index contributed by atoms with van der Waals surface area (Å²) in [5, 5.41) is 22.5. The number of nitrogens with one attached hydrogen (secondary N) is 1. The predicted octanol–water partition coefficient (Wildman–Crippen LogP) is 4.34. The van der Waals surface area contributed by atoms with Crippen LogP contribution in [0, 0.1) is 18.5 Å². The van der Waals surface area contributed by atoms with Crippen molar-refractivity contribution in [2.24, 2.45) is 10.8 Å². The zero-order valence-corrected chi connectivity index (χ0v) is 19.7. The Balaban J connectivity index is 2.26. The fraction of sp³-hybridized carbons (Fsp3) is 0.0526. The molecular weight excluding hydrogens is 618 g/mol. The molecule has 0 atom stereocenters. The van der Waals surface area contributed by atoms with Gasteiger partial charge in [-0.05, 0) is 88.0 Å². The number of carbonyl (C=O) groups excluding carboxylic acids is 2. The summed E-state index contributed by atoms with van der Waals surface area (Å²) in [4.78, 5) is 22.2. The van der Waals surface area contributed by atoms with Crippen LogP contribution in [0.25, 0.3) is 5.57 Å². The highest BCUT2D eigenvalue weighted by molar-refractivity contribution is 14.1. The maximum atomic E-state index is 11.5. The number of hydrogen-bond donors (Lipinski definition) is 3. The first-order valence-electron chi connectivity index (χ1n) is 8.03. The van der Waals surface area contributed by atoms with Crippen molar-refractivity contribution in [3.05, 3.63) is 49.6 Å². The zero-order valence-electron chi connectivity index (χ0n) is 15.4. The smallest absolute Gasteiger partial charge is 0.412 e. The summed E-state index contributed by atoms with van der Waals surface area (Å²) in [5.41, 5.74) is 8.37. The van der Waals surface area contributed by atoms with Crippen LogP contribution in [-0.2, 0) is 9.53 Å². The summed E-state index contributed by atoms with van der Waals surface area (Å²) < 4.78 is 11.5. The number of nitrogens with zero attached hydrogens (tertiary/aromatic N) is 2. The summed E-state index contributed by atoms with van der Waals surface area (Å²) >= 11 is 4.12. The number of aromatic hydroxyl groups is 1. The van der Waals surface area contributed by atoms with E-state index in [1.165, 1.54) is 12.1 Å². The average Bonchev–Trinajstić information content (AvgIpc) is 2.65. The van der Waals surface area contributed by atoms with Crippen molar-refractivity contribution in [1.82, 2.24) is 0 Å². The van der Waals surface area contributed by atoms with Gasteiger partial charge in [0.2, 0.25) is 5.71 Å². The Morgan fingerprint density at radius 2 is 1.90 bits per heavy atom. The summed E-state index contributed by atoms with van der Waals surface area (Å²) in [6.07, 6.45) is -1.34. The monoisotopic (exact) mass is 632 g/mol. The van der Waals surface area contributed by atoms with Crippen LogP contribution >= 0.6 is 45.2 Å². The van der Waals surface area contributed by atoms with E-state index in [-0.39, 0.29) is 5.75 Å². The van der Waals surface area contributed by atoms with Gasteiger partial charge in [0, 0.05) is 5.56 Å². The largest absolute Gasteiger partial charge is 0.507 e. The summed E-state index contributed by atoms with van der Waals surface area (Å²) in [5.74, 6) is -0.0682. The zero-order chi connectivity index (χ0) is 22.4. The third-order valence-corrected chi connectivity index (χ3v) is 5.04. The van der Waals surface area contributed by atoms with Crippen LogP contribution < -0.4 is 15.9 Å². The Morgan fingerprint density at radius 1 is 1.27 bits per heavy atom. The van der Waals surface area contributed by atoms with Gasteiger partial charge in [0.1, 0.15) is 17.6 Å². The molecule has 0 unspecified atom stereocenters. The molecular formula is C19H14I2N4O5. The molecule has 154 valence electrons. The average molecular weight is 632 g/mol. The van der Waals surface area contributed by atoms with Gasteiger partial charge in [0.25, 0.3) is 0 Å². The molecule has 0 aliphatic heterocycles. The quantitative estimate of drug-likeness (QED) is 0.141. The Labute approximate surface area is 198 Å². The minimum absolute atomic E-state index is 0.111. The number of amides is 1. The highest BCUT2D eigenvalue weighted by atomic mass is 127. The second-order valence-electron chi connectivity index (χ2n) is 5.72. The Hall–Kier alpha value is -2.86. The number of phenolic OH excluding ortho intramolecular Hbond substituents is 1. The van der Waals surface area contributed by atoms with Crippen molar-refractivity contribution in [2.45, 2.75) is 6.92 Å². The van der Waals surface area contributed by atoms with Gasteiger partial charge < -0.3 is 20.3 Å². The number of benzene rings is 2. The molecule has 0 saturated carbocycles. The molecule has 0 aliphatic rings. The topological polar surface area (TPSA) is 147 Å². The number of phenols is 1. The van der Waals surface area contributed by atoms with Crippen LogP contribution in [0.5, 0.6) is 17.2 Å². The maximum Gasteiger partial charge on any atom is 0.412 e. The lowest BCUT2D eigenvalue weighted by atomic mass is 10.1. The van der Waals surface area contributed by atoms with Crippen LogP contribution in [0.2, 0.25) is 0 Å². The lowest BCUT2D eigenvalue weighted by Gasteiger charge is -2.13. The number of nitriles is 1. The molecule has 2 aromatic carbocycles. The van der Waals surface area contributed by atoms with Crippen LogP contribution in [0.15, 0.2) is 42.0 Å². The number of nitrogens with two attached hydrogens (primary N) is 1. The van der Waals surface area contributed by atoms with Gasteiger partial charge in [-0.1, -0.05) is 6.58 Å². The van der Waals surface area contributed by atoms with Gasteiger partial charge in [0.05, 0.1) is 12.8 Å². The number of halogens is 2. The second-order valence-corrected chi connectivity index (χ2v) is 8.05. The highest BCUT2D eigenvalue weighted by Crippen LogP contribution is 2.36. The molecule has 30 heavy (non-hydrogen) atoms. The van der Waals surface area contributed by atoms with E-state index < -0.39 is 17.8 Å². The van der Waals surface area contributed by atoms with Crippen molar-refractivity contribution < 1.29 is 24.2 Å². The van der Waals surface area contributed by atoms with E-state index in [0.29, 0.717) is 35.5 Å².